The molecule has 0 aliphatic rings. The molecule has 0 aromatic carbocycles. The number of nitrogens with zero attached hydrogens (tertiary/aromatic N) is 1. The summed E-state index contributed by atoms with van der Waals surface area (Å²) in [6, 6.07) is 0. The SMILES string of the molecule is CC=C(CCCC)C(C)C(=O)N(C)C. The Hall–Kier alpha value is -0.790. The third-order valence-electron chi connectivity index (χ3n) is 2.56. The van der Waals surface area contributed by atoms with E-state index in [0.717, 1.165) is 6.42 Å². The lowest BCUT2D eigenvalue weighted by Crippen LogP contribution is -2.29. The van der Waals surface area contributed by atoms with Gasteiger partial charge in [-0.25, -0.2) is 0 Å². The molecule has 0 radical (unpaired) electrons. The predicted octanol–water partition coefficient (Wildman–Crippen LogP) is 2.85. The Morgan fingerprint density at radius 2 is 2.00 bits per heavy atom. The van der Waals surface area contributed by atoms with Gasteiger partial charge in [-0.05, 0) is 26.7 Å². The topological polar surface area (TPSA) is 20.3 Å². The summed E-state index contributed by atoms with van der Waals surface area (Å²) >= 11 is 0. The van der Waals surface area contributed by atoms with Crippen molar-refractivity contribution in [3.63, 3.8) is 0 Å². The Balaban J connectivity index is 4.32. The van der Waals surface area contributed by atoms with Crippen molar-refractivity contribution < 1.29 is 4.79 Å². The van der Waals surface area contributed by atoms with E-state index in [1.807, 2.05) is 27.9 Å². The second-order valence-electron chi connectivity index (χ2n) is 3.92. The summed E-state index contributed by atoms with van der Waals surface area (Å²) in [6.07, 6.45) is 5.49. The smallest absolute Gasteiger partial charge is 0.228 e. The zero-order valence-corrected chi connectivity index (χ0v) is 10.1. The Morgan fingerprint density at radius 3 is 2.36 bits per heavy atom. The molecule has 1 amide bonds. The molecule has 1 unspecified atom stereocenters. The first kappa shape index (κ1) is 13.2. The summed E-state index contributed by atoms with van der Waals surface area (Å²) in [5.74, 6) is 0.246. The molecule has 0 heterocycles. The molecule has 0 saturated carbocycles. The van der Waals surface area contributed by atoms with Crippen LogP contribution in [0.15, 0.2) is 11.6 Å². The van der Waals surface area contributed by atoms with Crippen LogP contribution in [-0.2, 0) is 4.79 Å². The molecule has 0 rings (SSSR count). The first-order chi connectivity index (χ1) is 6.54. The van der Waals surface area contributed by atoms with Crippen LogP contribution >= 0.6 is 0 Å². The van der Waals surface area contributed by atoms with Crippen LogP contribution in [0.25, 0.3) is 0 Å². The maximum Gasteiger partial charge on any atom is 0.228 e. The maximum absolute atomic E-state index is 11.7. The lowest BCUT2D eigenvalue weighted by Gasteiger charge is -2.19. The van der Waals surface area contributed by atoms with Crippen LogP contribution in [-0.4, -0.2) is 24.9 Å². The van der Waals surface area contributed by atoms with Gasteiger partial charge in [0.2, 0.25) is 5.91 Å². The van der Waals surface area contributed by atoms with Crippen LogP contribution in [0, 0.1) is 5.92 Å². The Labute approximate surface area is 88.0 Å². The fourth-order valence-electron chi connectivity index (χ4n) is 1.54. The average Bonchev–Trinajstić information content (AvgIpc) is 2.17. The molecule has 0 aromatic rings. The van der Waals surface area contributed by atoms with Gasteiger partial charge >= 0.3 is 0 Å². The quantitative estimate of drug-likeness (QED) is 0.621. The molecule has 0 N–H and O–H groups in total. The minimum Gasteiger partial charge on any atom is -0.348 e. The van der Waals surface area contributed by atoms with Crippen molar-refractivity contribution in [1.82, 2.24) is 4.90 Å². The normalized spacial score (nSPS) is 13.9. The van der Waals surface area contributed by atoms with Gasteiger partial charge in [0.25, 0.3) is 0 Å². The number of carbonyl (C=O) groups is 1. The molecule has 14 heavy (non-hydrogen) atoms. The fraction of sp³-hybridized carbons (Fsp3) is 0.750. The summed E-state index contributed by atoms with van der Waals surface area (Å²) in [6.45, 7) is 6.18. The van der Waals surface area contributed by atoms with Gasteiger partial charge in [-0.2, -0.15) is 0 Å². The number of amides is 1. The van der Waals surface area contributed by atoms with Crippen LogP contribution < -0.4 is 0 Å². The molecule has 1 atom stereocenters. The highest BCUT2D eigenvalue weighted by atomic mass is 16.2. The number of rotatable bonds is 5. The zero-order chi connectivity index (χ0) is 11.1. The highest BCUT2D eigenvalue weighted by Crippen LogP contribution is 2.18. The van der Waals surface area contributed by atoms with Gasteiger partial charge in [-0.3, -0.25) is 4.79 Å². The Kier molecular flexibility index (Phi) is 6.26. The number of carbonyl (C=O) groups excluding carboxylic acids is 1. The Morgan fingerprint density at radius 1 is 1.43 bits per heavy atom. The third-order valence-corrected chi connectivity index (χ3v) is 2.56. The molecule has 82 valence electrons. The number of unbranched alkanes of at least 4 members (excludes halogenated alkanes) is 1. The maximum atomic E-state index is 11.7. The minimum absolute atomic E-state index is 0.0431. The highest BCUT2D eigenvalue weighted by molar-refractivity contribution is 5.80. The highest BCUT2D eigenvalue weighted by Gasteiger charge is 2.17. The lowest BCUT2D eigenvalue weighted by molar-refractivity contribution is -0.131. The van der Waals surface area contributed by atoms with E-state index >= 15 is 0 Å². The van der Waals surface area contributed by atoms with Gasteiger partial charge in [0.05, 0.1) is 5.92 Å². The van der Waals surface area contributed by atoms with Crippen molar-refractivity contribution in [2.75, 3.05) is 14.1 Å². The first-order valence-corrected chi connectivity index (χ1v) is 5.40. The van der Waals surface area contributed by atoms with Crippen LogP contribution in [0.1, 0.15) is 40.0 Å². The third kappa shape index (κ3) is 3.95. The predicted molar refractivity (Wildman–Crippen MR) is 61.1 cm³/mol. The summed E-state index contributed by atoms with van der Waals surface area (Å²) in [5.41, 5.74) is 1.27. The van der Waals surface area contributed by atoms with E-state index < -0.39 is 0 Å². The molecular weight excluding hydrogens is 174 g/mol. The second-order valence-corrected chi connectivity index (χ2v) is 3.92. The molecule has 0 saturated heterocycles. The Bertz CT molecular complexity index is 206. The van der Waals surface area contributed by atoms with Crippen LogP contribution in [0.4, 0.5) is 0 Å². The summed E-state index contributed by atoms with van der Waals surface area (Å²) < 4.78 is 0. The van der Waals surface area contributed by atoms with Crippen LogP contribution in [0.5, 0.6) is 0 Å². The van der Waals surface area contributed by atoms with Gasteiger partial charge in [0.1, 0.15) is 0 Å². The van der Waals surface area contributed by atoms with E-state index in [9.17, 15) is 4.79 Å². The van der Waals surface area contributed by atoms with Crippen molar-refractivity contribution >= 4 is 5.91 Å². The fourth-order valence-corrected chi connectivity index (χ4v) is 1.54. The van der Waals surface area contributed by atoms with E-state index in [2.05, 4.69) is 13.0 Å². The number of allylic oxidation sites excluding steroid dienone is 1. The monoisotopic (exact) mass is 197 g/mol. The van der Waals surface area contributed by atoms with Gasteiger partial charge < -0.3 is 4.90 Å². The van der Waals surface area contributed by atoms with Crippen molar-refractivity contribution in [1.29, 1.82) is 0 Å². The summed E-state index contributed by atoms with van der Waals surface area (Å²) in [4.78, 5) is 13.4. The van der Waals surface area contributed by atoms with E-state index in [4.69, 9.17) is 0 Å². The lowest BCUT2D eigenvalue weighted by atomic mass is 9.95. The van der Waals surface area contributed by atoms with Crippen molar-refractivity contribution in [3.05, 3.63) is 11.6 Å². The van der Waals surface area contributed by atoms with Gasteiger partial charge in [-0.15, -0.1) is 0 Å². The number of hydrogen-bond acceptors (Lipinski definition) is 1. The molecule has 0 fully saturated rings. The second kappa shape index (κ2) is 6.63. The van der Waals surface area contributed by atoms with Crippen molar-refractivity contribution in [2.24, 2.45) is 5.92 Å². The first-order valence-electron chi connectivity index (χ1n) is 5.40. The summed E-state index contributed by atoms with van der Waals surface area (Å²) in [7, 11) is 3.62. The average molecular weight is 197 g/mol. The minimum atomic E-state index is 0.0431. The molecular formula is C12H23NO. The molecule has 0 aliphatic carbocycles. The molecule has 0 spiro atoms. The van der Waals surface area contributed by atoms with E-state index in [-0.39, 0.29) is 11.8 Å². The van der Waals surface area contributed by atoms with E-state index in [0.29, 0.717) is 0 Å². The molecule has 2 heteroatoms. The number of hydrogen-bond donors (Lipinski definition) is 0. The van der Waals surface area contributed by atoms with Crippen LogP contribution in [0.3, 0.4) is 0 Å². The van der Waals surface area contributed by atoms with E-state index in [1.165, 1.54) is 18.4 Å². The van der Waals surface area contributed by atoms with Crippen LogP contribution in [0.2, 0.25) is 0 Å². The summed E-state index contributed by atoms with van der Waals surface area (Å²) in [5, 5.41) is 0. The van der Waals surface area contributed by atoms with E-state index in [1.54, 1.807) is 4.90 Å². The standard InChI is InChI=1S/C12H23NO/c1-6-8-9-11(7-2)10(3)12(14)13(4)5/h7,10H,6,8-9H2,1-5H3. The van der Waals surface area contributed by atoms with Gasteiger partial charge in [0.15, 0.2) is 0 Å². The molecule has 2 nitrogen and oxygen atoms in total. The van der Waals surface area contributed by atoms with Gasteiger partial charge in [-0.1, -0.05) is 25.0 Å². The molecule has 0 bridgehead atoms. The largest absolute Gasteiger partial charge is 0.348 e. The van der Waals surface area contributed by atoms with Crippen molar-refractivity contribution in [2.45, 2.75) is 40.0 Å². The van der Waals surface area contributed by atoms with Crippen molar-refractivity contribution in [3.8, 4) is 0 Å². The zero-order valence-electron chi connectivity index (χ0n) is 10.1. The van der Waals surface area contributed by atoms with Gasteiger partial charge in [0, 0.05) is 14.1 Å². The molecule has 0 aromatic heterocycles. The molecule has 0 aliphatic heterocycles.